The minimum atomic E-state index is 0.411. The first kappa shape index (κ1) is 6.14. The SMILES string of the molecule is CC1CC=C2C(=O)CCC21. The number of hydrogen-bond acceptors (Lipinski definition) is 1. The molecule has 0 spiro atoms. The Bertz CT molecular complexity index is 203. The Kier molecular flexibility index (Phi) is 1.19. The Balaban J connectivity index is 2.28. The van der Waals surface area contributed by atoms with E-state index in [9.17, 15) is 4.79 Å². The van der Waals surface area contributed by atoms with E-state index >= 15 is 0 Å². The van der Waals surface area contributed by atoms with Crippen LogP contribution in [0.2, 0.25) is 0 Å². The molecule has 2 aliphatic rings. The molecule has 0 bridgehead atoms. The fourth-order valence-corrected chi connectivity index (χ4v) is 2.13. The van der Waals surface area contributed by atoms with Crippen molar-refractivity contribution in [1.29, 1.82) is 0 Å². The molecule has 1 nitrogen and oxygen atoms in total. The van der Waals surface area contributed by atoms with Gasteiger partial charge in [0.05, 0.1) is 0 Å². The first-order chi connectivity index (χ1) is 4.79. The number of hydrogen-bond donors (Lipinski definition) is 0. The molecule has 0 aromatic rings. The molecule has 1 fully saturated rings. The largest absolute Gasteiger partial charge is 0.295 e. The van der Waals surface area contributed by atoms with Gasteiger partial charge in [0.15, 0.2) is 5.78 Å². The third kappa shape index (κ3) is 0.664. The minimum absolute atomic E-state index is 0.411. The summed E-state index contributed by atoms with van der Waals surface area (Å²) in [7, 11) is 0. The van der Waals surface area contributed by atoms with Crippen LogP contribution in [0.25, 0.3) is 0 Å². The van der Waals surface area contributed by atoms with Crippen molar-refractivity contribution in [2.24, 2.45) is 11.8 Å². The van der Waals surface area contributed by atoms with E-state index in [-0.39, 0.29) is 0 Å². The van der Waals surface area contributed by atoms with Crippen molar-refractivity contribution in [2.45, 2.75) is 26.2 Å². The van der Waals surface area contributed by atoms with Crippen LogP contribution in [0.4, 0.5) is 0 Å². The third-order valence-electron chi connectivity index (χ3n) is 2.80. The molecular weight excluding hydrogens is 124 g/mol. The van der Waals surface area contributed by atoms with Crippen LogP contribution in [0.3, 0.4) is 0 Å². The summed E-state index contributed by atoms with van der Waals surface area (Å²) in [5.74, 6) is 1.78. The van der Waals surface area contributed by atoms with Gasteiger partial charge in [-0.15, -0.1) is 0 Å². The molecule has 2 aliphatic carbocycles. The van der Waals surface area contributed by atoms with Gasteiger partial charge in [-0.05, 0) is 30.3 Å². The van der Waals surface area contributed by atoms with Crippen molar-refractivity contribution in [3.05, 3.63) is 11.6 Å². The lowest BCUT2D eigenvalue weighted by atomic mass is 9.95. The van der Waals surface area contributed by atoms with E-state index in [1.54, 1.807) is 0 Å². The number of carbonyl (C=O) groups is 1. The van der Waals surface area contributed by atoms with Gasteiger partial charge in [0.2, 0.25) is 0 Å². The highest BCUT2D eigenvalue weighted by Gasteiger charge is 2.35. The van der Waals surface area contributed by atoms with Crippen LogP contribution in [-0.4, -0.2) is 5.78 Å². The summed E-state index contributed by atoms with van der Waals surface area (Å²) < 4.78 is 0. The lowest BCUT2D eigenvalue weighted by molar-refractivity contribution is -0.114. The van der Waals surface area contributed by atoms with Crippen molar-refractivity contribution in [3.63, 3.8) is 0 Å². The predicted molar refractivity (Wildman–Crippen MR) is 39.6 cm³/mol. The van der Waals surface area contributed by atoms with Crippen LogP contribution in [0, 0.1) is 11.8 Å². The summed E-state index contributed by atoms with van der Waals surface area (Å²) in [5, 5.41) is 0. The van der Waals surface area contributed by atoms with E-state index in [4.69, 9.17) is 0 Å². The van der Waals surface area contributed by atoms with Gasteiger partial charge in [-0.1, -0.05) is 13.0 Å². The number of Topliss-reactive ketones (excluding diaryl/α,β-unsaturated/α-hetero) is 1. The normalized spacial score (nSPS) is 38.1. The van der Waals surface area contributed by atoms with E-state index in [1.165, 1.54) is 0 Å². The summed E-state index contributed by atoms with van der Waals surface area (Å²) in [6.45, 7) is 2.24. The average molecular weight is 136 g/mol. The highest BCUT2D eigenvalue weighted by atomic mass is 16.1. The van der Waals surface area contributed by atoms with Crippen LogP contribution >= 0.6 is 0 Å². The second-order valence-electron chi connectivity index (χ2n) is 3.44. The maximum Gasteiger partial charge on any atom is 0.158 e. The van der Waals surface area contributed by atoms with E-state index < -0.39 is 0 Å². The van der Waals surface area contributed by atoms with Crippen molar-refractivity contribution in [1.82, 2.24) is 0 Å². The molecule has 0 radical (unpaired) electrons. The van der Waals surface area contributed by atoms with E-state index in [0.717, 1.165) is 30.8 Å². The molecule has 2 unspecified atom stereocenters. The topological polar surface area (TPSA) is 17.1 Å². The van der Waals surface area contributed by atoms with Crippen LogP contribution in [0.1, 0.15) is 26.2 Å². The van der Waals surface area contributed by atoms with Gasteiger partial charge in [-0.3, -0.25) is 4.79 Å². The fraction of sp³-hybridized carbons (Fsp3) is 0.667. The molecule has 0 N–H and O–H groups in total. The summed E-state index contributed by atoms with van der Waals surface area (Å²) in [4.78, 5) is 11.1. The molecule has 54 valence electrons. The van der Waals surface area contributed by atoms with Gasteiger partial charge in [-0.25, -0.2) is 0 Å². The van der Waals surface area contributed by atoms with Gasteiger partial charge >= 0.3 is 0 Å². The van der Waals surface area contributed by atoms with Crippen molar-refractivity contribution >= 4 is 5.78 Å². The Hall–Kier alpha value is -0.590. The summed E-state index contributed by atoms with van der Waals surface area (Å²) in [6, 6.07) is 0. The molecule has 0 aromatic heterocycles. The molecule has 2 atom stereocenters. The first-order valence-corrected chi connectivity index (χ1v) is 4.02. The van der Waals surface area contributed by atoms with Crippen LogP contribution in [0.5, 0.6) is 0 Å². The van der Waals surface area contributed by atoms with E-state index in [2.05, 4.69) is 13.0 Å². The zero-order valence-electron chi connectivity index (χ0n) is 6.26. The zero-order valence-corrected chi connectivity index (χ0v) is 6.26. The minimum Gasteiger partial charge on any atom is -0.295 e. The quantitative estimate of drug-likeness (QED) is 0.497. The van der Waals surface area contributed by atoms with Gasteiger partial charge in [0, 0.05) is 6.42 Å². The Labute approximate surface area is 61.1 Å². The van der Waals surface area contributed by atoms with Crippen molar-refractivity contribution in [3.8, 4) is 0 Å². The van der Waals surface area contributed by atoms with Crippen LogP contribution in [-0.2, 0) is 4.79 Å². The molecule has 0 amide bonds. The van der Waals surface area contributed by atoms with Gasteiger partial charge in [0.1, 0.15) is 0 Å². The Morgan fingerprint density at radius 2 is 2.40 bits per heavy atom. The molecule has 1 saturated carbocycles. The second kappa shape index (κ2) is 1.94. The summed E-state index contributed by atoms with van der Waals surface area (Å²) in [5.41, 5.74) is 1.15. The standard InChI is InChI=1S/C9H12O/c1-6-2-3-8-7(6)4-5-9(8)10/h3,6-7H,2,4-5H2,1H3. The Morgan fingerprint density at radius 1 is 1.60 bits per heavy atom. The molecule has 0 aliphatic heterocycles. The second-order valence-corrected chi connectivity index (χ2v) is 3.44. The Morgan fingerprint density at radius 3 is 3.10 bits per heavy atom. The highest BCUT2D eigenvalue weighted by Crippen LogP contribution is 2.40. The monoisotopic (exact) mass is 136 g/mol. The number of fused-ring (bicyclic) bond motifs is 1. The fourth-order valence-electron chi connectivity index (χ4n) is 2.13. The van der Waals surface area contributed by atoms with E-state index in [0.29, 0.717) is 11.7 Å². The summed E-state index contributed by atoms with van der Waals surface area (Å²) >= 11 is 0. The lowest BCUT2D eigenvalue weighted by Gasteiger charge is -2.09. The third-order valence-corrected chi connectivity index (χ3v) is 2.80. The molecule has 0 saturated heterocycles. The molecule has 1 heteroatoms. The average Bonchev–Trinajstić information content (AvgIpc) is 2.41. The smallest absolute Gasteiger partial charge is 0.158 e. The number of allylic oxidation sites excluding steroid dienone is 2. The molecular formula is C9H12O. The maximum atomic E-state index is 11.1. The van der Waals surface area contributed by atoms with Gasteiger partial charge in [0.25, 0.3) is 0 Å². The van der Waals surface area contributed by atoms with Gasteiger partial charge < -0.3 is 0 Å². The molecule has 0 heterocycles. The lowest BCUT2D eigenvalue weighted by Crippen LogP contribution is -2.03. The van der Waals surface area contributed by atoms with Gasteiger partial charge in [-0.2, -0.15) is 0 Å². The first-order valence-electron chi connectivity index (χ1n) is 4.02. The number of carbonyl (C=O) groups excluding carboxylic acids is 1. The molecule has 10 heavy (non-hydrogen) atoms. The maximum absolute atomic E-state index is 11.1. The predicted octanol–water partition coefficient (Wildman–Crippen LogP) is 1.93. The van der Waals surface area contributed by atoms with Crippen LogP contribution < -0.4 is 0 Å². The number of rotatable bonds is 0. The molecule has 0 aromatic carbocycles. The van der Waals surface area contributed by atoms with Crippen LogP contribution in [0.15, 0.2) is 11.6 Å². The summed E-state index contributed by atoms with van der Waals surface area (Å²) in [6.07, 6.45) is 5.20. The highest BCUT2D eigenvalue weighted by molar-refractivity contribution is 5.98. The van der Waals surface area contributed by atoms with Crippen molar-refractivity contribution in [2.75, 3.05) is 0 Å². The molecule has 2 rings (SSSR count). The van der Waals surface area contributed by atoms with E-state index in [1.807, 2.05) is 0 Å². The zero-order chi connectivity index (χ0) is 7.14. The van der Waals surface area contributed by atoms with Crippen molar-refractivity contribution < 1.29 is 4.79 Å². The number of ketones is 1.